The molecule has 3 rings (SSSR count). The van der Waals surface area contributed by atoms with Crippen LogP contribution < -0.4 is 0 Å². The van der Waals surface area contributed by atoms with E-state index < -0.39 is 0 Å². The molecule has 0 amide bonds. The first-order chi connectivity index (χ1) is 11.5. The number of hydrogen-bond acceptors (Lipinski definition) is 2. The van der Waals surface area contributed by atoms with Crippen LogP contribution in [0.4, 0.5) is 0 Å². The van der Waals surface area contributed by atoms with E-state index in [1.165, 1.54) is 54.4 Å². The van der Waals surface area contributed by atoms with Gasteiger partial charge in [0.2, 0.25) is 0 Å². The van der Waals surface area contributed by atoms with E-state index in [4.69, 9.17) is 9.47 Å². The number of rotatable bonds is 4. The fraction of sp³-hybridized carbons (Fsp3) is 0.727. The van der Waals surface area contributed by atoms with Crippen LogP contribution in [-0.4, -0.2) is 19.5 Å². The molecule has 0 radical (unpaired) electrons. The normalized spacial score (nSPS) is 31.2. The molecule has 2 heteroatoms. The number of aryl methyl sites for hydroxylation is 2. The Morgan fingerprint density at radius 3 is 2.04 bits per heavy atom. The zero-order valence-electron chi connectivity index (χ0n) is 15.9. The van der Waals surface area contributed by atoms with Crippen molar-refractivity contribution in [3.8, 4) is 0 Å². The highest BCUT2D eigenvalue weighted by Crippen LogP contribution is 2.33. The fourth-order valence-electron chi connectivity index (χ4n) is 4.31. The van der Waals surface area contributed by atoms with Gasteiger partial charge in [0.25, 0.3) is 0 Å². The van der Waals surface area contributed by atoms with Gasteiger partial charge in [-0.1, -0.05) is 44.7 Å². The third-order valence-corrected chi connectivity index (χ3v) is 6.23. The molecule has 1 aromatic rings. The summed E-state index contributed by atoms with van der Waals surface area (Å²) >= 11 is 0. The highest BCUT2D eigenvalue weighted by Gasteiger charge is 2.27. The molecule has 1 aliphatic carbocycles. The lowest BCUT2D eigenvalue weighted by atomic mass is 9.79. The fourth-order valence-corrected chi connectivity index (χ4v) is 4.31. The van der Waals surface area contributed by atoms with E-state index in [-0.39, 0.29) is 6.29 Å². The van der Waals surface area contributed by atoms with E-state index in [0.717, 1.165) is 31.5 Å². The van der Waals surface area contributed by atoms with Gasteiger partial charge in [-0.3, -0.25) is 0 Å². The highest BCUT2D eigenvalue weighted by molar-refractivity contribution is 5.37. The van der Waals surface area contributed by atoms with Crippen LogP contribution in [0.5, 0.6) is 0 Å². The molecular weight excluding hydrogens is 296 g/mol. The third-order valence-electron chi connectivity index (χ3n) is 6.23. The molecule has 1 aliphatic heterocycles. The summed E-state index contributed by atoms with van der Waals surface area (Å²) in [5, 5.41) is 0. The van der Waals surface area contributed by atoms with Crippen LogP contribution in [0, 0.1) is 38.5 Å². The van der Waals surface area contributed by atoms with E-state index in [9.17, 15) is 0 Å². The first kappa shape index (κ1) is 17.9. The van der Waals surface area contributed by atoms with Crippen LogP contribution in [0.3, 0.4) is 0 Å². The molecule has 0 N–H and O–H groups in total. The van der Waals surface area contributed by atoms with Crippen LogP contribution in [-0.2, 0) is 15.9 Å². The van der Waals surface area contributed by atoms with Crippen LogP contribution in [0.15, 0.2) is 12.1 Å². The summed E-state index contributed by atoms with van der Waals surface area (Å²) < 4.78 is 12.1. The summed E-state index contributed by atoms with van der Waals surface area (Å²) in [6.45, 7) is 10.7. The van der Waals surface area contributed by atoms with Gasteiger partial charge in [-0.05, 0) is 61.3 Å². The van der Waals surface area contributed by atoms with Crippen molar-refractivity contribution in [1.82, 2.24) is 0 Å². The van der Waals surface area contributed by atoms with Crippen molar-refractivity contribution in [2.45, 2.75) is 72.5 Å². The summed E-state index contributed by atoms with van der Waals surface area (Å²) in [4.78, 5) is 0. The summed E-state index contributed by atoms with van der Waals surface area (Å²) in [6, 6.07) is 4.56. The van der Waals surface area contributed by atoms with E-state index in [2.05, 4.69) is 39.8 Å². The molecule has 0 atom stereocenters. The molecule has 1 heterocycles. The molecule has 24 heavy (non-hydrogen) atoms. The Hall–Kier alpha value is -0.860. The van der Waals surface area contributed by atoms with Crippen molar-refractivity contribution in [1.29, 1.82) is 0 Å². The predicted octanol–water partition coefficient (Wildman–Crippen LogP) is 5.36. The lowest BCUT2D eigenvalue weighted by molar-refractivity contribution is -0.201. The molecule has 0 aromatic heterocycles. The molecule has 1 aromatic carbocycles. The standard InChI is InChI=1S/C22H34O2/c1-15-5-7-19(8-6-15)11-21-13-23-22(24-14-21)12-20-9-16(2)18(4)17(3)10-20/h9-10,15,19,21-22H,5-8,11-14H2,1-4H3. The lowest BCUT2D eigenvalue weighted by Gasteiger charge is -2.33. The maximum absolute atomic E-state index is 6.04. The Labute approximate surface area is 147 Å². The van der Waals surface area contributed by atoms with Gasteiger partial charge in [-0.2, -0.15) is 0 Å². The second-order valence-electron chi connectivity index (χ2n) is 8.38. The molecule has 2 aliphatic rings. The maximum atomic E-state index is 6.04. The Morgan fingerprint density at radius 2 is 1.46 bits per heavy atom. The van der Waals surface area contributed by atoms with Gasteiger partial charge in [-0.15, -0.1) is 0 Å². The van der Waals surface area contributed by atoms with Crippen molar-refractivity contribution in [3.05, 3.63) is 34.4 Å². The van der Waals surface area contributed by atoms with Gasteiger partial charge in [0.15, 0.2) is 6.29 Å². The zero-order valence-corrected chi connectivity index (χ0v) is 15.9. The zero-order chi connectivity index (χ0) is 17.1. The maximum Gasteiger partial charge on any atom is 0.161 e. The minimum atomic E-state index is -0.0610. The van der Waals surface area contributed by atoms with Crippen molar-refractivity contribution >= 4 is 0 Å². The molecule has 0 spiro atoms. The van der Waals surface area contributed by atoms with Gasteiger partial charge < -0.3 is 9.47 Å². The second-order valence-corrected chi connectivity index (χ2v) is 8.38. The van der Waals surface area contributed by atoms with Crippen LogP contribution in [0.25, 0.3) is 0 Å². The first-order valence-electron chi connectivity index (χ1n) is 9.81. The predicted molar refractivity (Wildman–Crippen MR) is 99.3 cm³/mol. The molecular formula is C22H34O2. The lowest BCUT2D eigenvalue weighted by Crippen LogP contribution is -2.34. The third kappa shape index (κ3) is 4.61. The Morgan fingerprint density at radius 1 is 0.875 bits per heavy atom. The Balaban J connectivity index is 1.45. The number of ether oxygens (including phenoxy) is 2. The van der Waals surface area contributed by atoms with Gasteiger partial charge in [0.1, 0.15) is 0 Å². The Kier molecular flexibility index (Phi) is 5.99. The monoisotopic (exact) mass is 330 g/mol. The smallest absolute Gasteiger partial charge is 0.161 e. The molecule has 1 saturated carbocycles. The molecule has 134 valence electrons. The van der Waals surface area contributed by atoms with Crippen LogP contribution in [0.1, 0.15) is 61.3 Å². The first-order valence-corrected chi connectivity index (χ1v) is 9.81. The van der Waals surface area contributed by atoms with Crippen molar-refractivity contribution in [2.24, 2.45) is 17.8 Å². The molecule has 2 nitrogen and oxygen atoms in total. The average molecular weight is 331 g/mol. The summed E-state index contributed by atoms with van der Waals surface area (Å²) in [6.07, 6.45) is 7.74. The van der Waals surface area contributed by atoms with Crippen LogP contribution >= 0.6 is 0 Å². The summed E-state index contributed by atoms with van der Waals surface area (Å²) in [5.41, 5.74) is 5.46. The minimum Gasteiger partial charge on any atom is -0.352 e. The van der Waals surface area contributed by atoms with Gasteiger partial charge >= 0.3 is 0 Å². The molecule has 0 bridgehead atoms. The number of hydrogen-bond donors (Lipinski definition) is 0. The molecule has 2 fully saturated rings. The summed E-state index contributed by atoms with van der Waals surface area (Å²) in [5.74, 6) is 2.43. The molecule has 1 saturated heterocycles. The topological polar surface area (TPSA) is 18.5 Å². The van der Waals surface area contributed by atoms with E-state index in [1.807, 2.05) is 0 Å². The van der Waals surface area contributed by atoms with Gasteiger partial charge in [-0.25, -0.2) is 0 Å². The quantitative estimate of drug-likeness (QED) is 0.740. The van der Waals surface area contributed by atoms with Crippen LogP contribution in [0.2, 0.25) is 0 Å². The van der Waals surface area contributed by atoms with Gasteiger partial charge in [0.05, 0.1) is 13.2 Å². The highest BCUT2D eigenvalue weighted by atomic mass is 16.7. The Bertz CT molecular complexity index is 512. The van der Waals surface area contributed by atoms with E-state index >= 15 is 0 Å². The van der Waals surface area contributed by atoms with Crippen molar-refractivity contribution in [2.75, 3.05) is 13.2 Å². The van der Waals surface area contributed by atoms with Crippen molar-refractivity contribution < 1.29 is 9.47 Å². The van der Waals surface area contributed by atoms with Gasteiger partial charge in [0, 0.05) is 12.3 Å². The summed E-state index contributed by atoms with van der Waals surface area (Å²) in [7, 11) is 0. The average Bonchev–Trinajstić information content (AvgIpc) is 2.56. The molecule has 0 unspecified atom stereocenters. The SMILES string of the molecule is Cc1cc(CC2OCC(CC3CCC(C)CC3)CO2)cc(C)c1C. The van der Waals surface area contributed by atoms with E-state index in [0.29, 0.717) is 5.92 Å². The number of benzene rings is 1. The largest absolute Gasteiger partial charge is 0.352 e. The second kappa shape index (κ2) is 8.01. The van der Waals surface area contributed by atoms with Crippen molar-refractivity contribution in [3.63, 3.8) is 0 Å². The van der Waals surface area contributed by atoms with E-state index in [1.54, 1.807) is 0 Å². The minimum absolute atomic E-state index is 0.0610.